The Morgan fingerprint density at radius 2 is 2.24 bits per heavy atom. The molecule has 9 nitrogen and oxygen atoms in total. The number of nitrogens with two attached hydrogens (primary N) is 1. The molecule has 1 heterocycles. The molecule has 1 aliphatic carbocycles. The van der Waals surface area contributed by atoms with Crippen molar-refractivity contribution in [3.05, 3.63) is 11.8 Å². The molecule has 1 fully saturated rings. The van der Waals surface area contributed by atoms with Gasteiger partial charge in [-0.2, -0.15) is 13.5 Å². The Labute approximate surface area is 126 Å². The van der Waals surface area contributed by atoms with E-state index in [9.17, 15) is 13.0 Å². The van der Waals surface area contributed by atoms with E-state index in [2.05, 4.69) is 14.5 Å². The van der Waals surface area contributed by atoms with Crippen molar-refractivity contribution in [2.75, 3.05) is 5.73 Å². The van der Waals surface area contributed by atoms with Crippen LogP contribution in [0.2, 0.25) is 0 Å². The molecule has 0 bridgehead atoms. The average Bonchev–Trinajstić information content (AvgIpc) is 2.74. The molecule has 2 rings (SSSR count). The number of nitrogens with zero attached hydrogens (tertiary/aromatic N) is 2. The lowest BCUT2D eigenvalue weighted by Gasteiger charge is -2.33. The molecule has 0 spiro atoms. The molecule has 4 N–H and O–H groups in total. The molecule has 0 radical (unpaired) electrons. The SMILES string of the molecule is Cc1cc(N)n(C2CC(SOOO)CCC2S(=O)(=O)O)n1. The van der Waals surface area contributed by atoms with Gasteiger partial charge in [0.15, 0.2) is 0 Å². The number of hydrogen-bond acceptors (Lipinski definition) is 8. The van der Waals surface area contributed by atoms with Crippen molar-refractivity contribution in [2.24, 2.45) is 0 Å². The predicted octanol–water partition coefficient (Wildman–Crippen LogP) is 1.19. The van der Waals surface area contributed by atoms with Gasteiger partial charge in [0.1, 0.15) is 11.1 Å². The second kappa shape index (κ2) is 6.50. The number of anilines is 1. The number of aromatic nitrogens is 2. The van der Waals surface area contributed by atoms with Gasteiger partial charge in [0.05, 0.1) is 11.7 Å². The van der Waals surface area contributed by atoms with Gasteiger partial charge in [-0.05, 0) is 26.2 Å². The van der Waals surface area contributed by atoms with Crippen molar-refractivity contribution in [1.82, 2.24) is 9.78 Å². The van der Waals surface area contributed by atoms with Crippen molar-refractivity contribution < 1.29 is 27.6 Å². The first kappa shape index (κ1) is 16.5. The number of hydrogen-bond donors (Lipinski definition) is 3. The molecule has 11 heteroatoms. The molecule has 21 heavy (non-hydrogen) atoms. The maximum Gasteiger partial charge on any atom is 0.269 e. The Balaban J connectivity index is 2.27. The Morgan fingerprint density at radius 1 is 1.52 bits per heavy atom. The maximum atomic E-state index is 11.6. The molecule has 1 saturated carbocycles. The summed E-state index contributed by atoms with van der Waals surface area (Å²) in [6, 6.07) is 1.02. The number of rotatable bonds is 5. The van der Waals surface area contributed by atoms with Gasteiger partial charge in [-0.1, -0.05) is 5.04 Å². The fourth-order valence-electron chi connectivity index (χ4n) is 2.65. The van der Waals surface area contributed by atoms with Crippen LogP contribution >= 0.6 is 12.0 Å². The minimum Gasteiger partial charge on any atom is -0.384 e. The van der Waals surface area contributed by atoms with Gasteiger partial charge in [0.2, 0.25) is 0 Å². The number of aryl methyl sites for hydroxylation is 1. The molecule has 1 aromatic heterocycles. The fourth-order valence-corrected chi connectivity index (χ4v) is 4.36. The third-order valence-electron chi connectivity index (χ3n) is 3.50. The molecule has 1 aliphatic rings. The number of nitrogen functional groups attached to an aromatic ring is 1. The Kier molecular flexibility index (Phi) is 5.11. The van der Waals surface area contributed by atoms with Gasteiger partial charge in [-0.25, -0.2) is 9.94 Å². The van der Waals surface area contributed by atoms with Crippen LogP contribution in [-0.4, -0.2) is 38.5 Å². The summed E-state index contributed by atoms with van der Waals surface area (Å²) >= 11 is 0.891. The Hall–Kier alpha value is -0.850. The second-order valence-electron chi connectivity index (χ2n) is 4.95. The molecule has 1 aromatic rings. The molecule has 3 atom stereocenters. The molecular formula is C10H17N3O6S2. The van der Waals surface area contributed by atoms with Crippen molar-refractivity contribution in [1.29, 1.82) is 0 Å². The van der Waals surface area contributed by atoms with Crippen LogP contribution in [-0.2, 0) is 19.5 Å². The highest BCUT2D eigenvalue weighted by molar-refractivity contribution is 7.95. The molecule has 0 amide bonds. The lowest BCUT2D eigenvalue weighted by molar-refractivity contribution is -0.432. The first-order valence-electron chi connectivity index (χ1n) is 6.24. The van der Waals surface area contributed by atoms with Crippen LogP contribution in [0.3, 0.4) is 0 Å². The smallest absolute Gasteiger partial charge is 0.269 e. The zero-order chi connectivity index (χ0) is 15.6. The van der Waals surface area contributed by atoms with E-state index in [-0.39, 0.29) is 11.7 Å². The minimum absolute atomic E-state index is 0.121. The first-order chi connectivity index (χ1) is 9.82. The van der Waals surface area contributed by atoms with Crippen LogP contribution in [0.25, 0.3) is 0 Å². The van der Waals surface area contributed by atoms with Crippen molar-refractivity contribution in [2.45, 2.75) is 42.7 Å². The van der Waals surface area contributed by atoms with Gasteiger partial charge in [0, 0.05) is 23.4 Å². The van der Waals surface area contributed by atoms with Gasteiger partial charge >= 0.3 is 0 Å². The molecule has 0 aromatic carbocycles. The lowest BCUT2D eigenvalue weighted by Crippen LogP contribution is -2.39. The topological polar surface area (TPSA) is 137 Å². The summed E-state index contributed by atoms with van der Waals surface area (Å²) in [5.74, 6) is 0.330. The zero-order valence-corrected chi connectivity index (χ0v) is 12.9. The molecule has 3 unspecified atom stereocenters. The van der Waals surface area contributed by atoms with Crippen LogP contribution in [0, 0.1) is 6.92 Å². The third kappa shape index (κ3) is 3.87. The van der Waals surface area contributed by atoms with E-state index >= 15 is 0 Å². The summed E-state index contributed by atoms with van der Waals surface area (Å²) in [5, 5.41) is 14.8. The lowest BCUT2D eigenvalue weighted by atomic mass is 9.94. The summed E-state index contributed by atoms with van der Waals surface area (Å²) < 4.78 is 38.4. The molecule has 120 valence electrons. The molecule has 0 saturated heterocycles. The van der Waals surface area contributed by atoms with E-state index in [4.69, 9.17) is 11.0 Å². The van der Waals surface area contributed by atoms with Crippen molar-refractivity contribution >= 4 is 28.0 Å². The average molecular weight is 339 g/mol. The van der Waals surface area contributed by atoms with Gasteiger partial charge in [0.25, 0.3) is 10.1 Å². The summed E-state index contributed by atoms with van der Waals surface area (Å²) in [5.41, 5.74) is 6.50. The minimum atomic E-state index is -4.22. The second-order valence-corrected chi connectivity index (χ2v) is 7.58. The van der Waals surface area contributed by atoms with Gasteiger partial charge in [-0.3, -0.25) is 4.55 Å². The summed E-state index contributed by atoms with van der Waals surface area (Å²) in [6.45, 7) is 1.74. The zero-order valence-electron chi connectivity index (χ0n) is 11.2. The summed E-state index contributed by atoms with van der Waals surface area (Å²) in [6.07, 6.45) is 1.06. The Bertz CT molecular complexity index is 590. The monoisotopic (exact) mass is 339 g/mol. The molecular weight excluding hydrogens is 322 g/mol. The van der Waals surface area contributed by atoms with Crippen molar-refractivity contribution in [3.8, 4) is 0 Å². The fraction of sp³-hybridized carbons (Fsp3) is 0.700. The van der Waals surface area contributed by atoms with E-state index in [1.807, 2.05) is 0 Å². The highest BCUT2D eigenvalue weighted by Crippen LogP contribution is 2.39. The standard InChI is InChI=1S/C10H17N3O6S2/c1-6-4-10(11)13(12-6)8-5-7(20-19-18-14)2-3-9(8)21(15,16)17/h4,7-9,14H,2-3,5,11H2,1H3,(H,15,16,17). The predicted molar refractivity (Wildman–Crippen MR) is 75.8 cm³/mol. The summed E-state index contributed by atoms with van der Waals surface area (Å²) in [7, 11) is -4.22. The van der Waals surface area contributed by atoms with Gasteiger partial charge < -0.3 is 5.73 Å². The van der Waals surface area contributed by atoms with Gasteiger partial charge in [-0.15, -0.1) is 4.33 Å². The molecule has 0 aliphatic heterocycles. The summed E-state index contributed by atoms with van der Waals surface area (Å²) in [4.78, 5) is 0. The Morgan fingerprint density at radius 3 is 2.76 bits per heavy atom. The normalized spacial score (nSPS) is 26.9. The van der Waals surface area contributed by atoms with E-state index in [1.54, 1.807) is 13.0 Å². The van der Waals surface area contributed by atoms with E-state index in [1.165, 1.54) is 4.68 Å². The quantitative estimate of drug-likeness (QED) is 0.312. The van der Waals surface area contributed by atoms with Crippen LogP contribution < -0.4 is 5.73 Å². The van der Waals surface area contributed by atoms with E-state index in [0.29, 0.717) is 24.4 Å². The van der Waals surface area contributed by atoms with Crippen LogP contribution in [0.15, 0.2) is 6.07 Å². The van der Waals surface area contributed by atoms with E-state index < -0.39 is 21.4 Å². The van der Waals surface area contributed by atoms with Crippen LogP contribution in [0.4, 0.5) is 5.82 Å². The van der Waals surface area contributed by atoms with Crippen LogP contribution in [0.5, 0.6) is 0 Å². The van der Waals surface area contributed by atoms with E-state index in [0.717, 1.165) is 12.0 Å². The maximum absolute atomic E-state index is 11.6. The highest BCUT2D eigenvalue weighted by Gasteiger charge is 2.41. The third-order valence-corrected chi connectivity index (χ3v) is 5.65. The largest absolute Gasteiger partial charge is 0.384 e. The van der Waals surface area contributed by atoms with Crippen molar-refractivity contribution in [3.63, 3.8) is 0 Å². The first-order valence-corrected chi connectivity index (χ1v) is 8.55. The van der Waals surface area contributed by atoms with Crippen LogP contribution in [0.1, 0.15) is 31.0 Å². The highest BCUT2D eigenvalue weighted by atomic mass is 32.2.